The van der Waals surface area contributed by atoms with Gasteiger partial charge in [0.2, 0.25) is 5.91 Å². The Bertz CT molecular complexity index is 855. The largest absolute Gasteiger partial charge is 0.496 e. The van der Waals surface area contributed by atoms with Crippen LogP contribution in [0.5, 0.6) is 5.75 Å². The molecule has 0 radical (unpaired) electrons. The number of fused-ring (bicyclic) bond motifs is 1. The van der Waals surface area contributed by atoms with Crippen LogP contribution in [0.1, 0.15) is 36.8 Å². The minimum absolute atomic E-state index is 0.0724. The highest BCUT2D eigenvalue weighted by Gasteiger charge is 2.13. The lowest BCUT2D eigenvalue weighted by Crippen LogP contribution is -2.26. The Hall–Kier alpha value is -2.83. The van der Waals surface area contributed by atoms with E-state index in [9.17, 15) is 14.4 Å². The predicted octanol–water partition coefficient (Wildman–Crippen LogP) is 2.41. The monoisotopic (exact) mass is 361 g/mol. The van der Waals surface area contributed by atoms with Crippen LogP contribution in [-0.2, 0) is 16.0 Å². The number of hydrogen-bond donors (Lipinski definition) is 2. The number of rotatable bonds is 9. The number of unbranched alkanes of at least 4 members (excludes halogenated alkanes) is 2. The van der Waals surface area contributed by atoms with E-state index in [1.807, 2.05) is 0 Å². The van der Waals surface area contributed by atoms with E-state index in [0.29, 0.717) is 47.2 Å². The minimum atomic E-state index is -0.809. The number of methoxy groups -OCH3 is 1. The van der Waals surface area contributed by atoms with Gasteiger partial charge in [0.15, 0.2) is 0 Å². The molecule has 2 rings (SSSR count). The number of carboxylic acids is 1. The summed E-state index contributed by atoms with van der Waals surface area (Å²) in [6.45, 7) is 2.27. The van der Waals surface area contributed by atoms with Crippen molar-refractivity contribution in [2.75, 3.05) is 13.7 Å². The SMILES string of the molecule is COc1ccc2c(CC(=O)NCCCCCC(=O)O)cc(=O)oc2c1C. The van der Waals surface area contributed by atoms with E-state index in [1.54, 1.807) is 26.2 Å². The summed E-state index contributed by atoms with van der Waals surface area (Å²) in [5.74, 6) is -0.386. The maximum absolute atomic E-state index is 12.2. The van der Waals surface area contributed by atoms with E-state index in [2.05, 4.69) is 5.32 Å². The van der Waals surface area contributed by atoms with Crippen LogP contribution in [0.25, 0.3) is 11.0 Å². The Morgan fingerprint density at radius 1 is 1.23 bits per heavy atom. The summed E-state index contributed by atoms with van der Waals surface area (Å²) in [6.07, 6.45) is 2.26. The molecule has 0 saturated heterocycles. The van der Waals surface area contributed by atoms with E-state index in [1.165, 1.54) is 6.07 Å². The maximum atomic E-state index is 12.2. The van der Waals surface area contributed by atoms with Crippen LogP contribution < -0.4 is 15.7 Å². The molecule has 0 aliphatic carbocycles. The number of hydrogen-bond acceptors (Lipinski definition) is 5. The lowest BCUT2D eigenvalue weighted by Gasteiger charge is -2.10. The van der Waals surface area contributed by atoms with Crippen molar-refractivity contribution in [1.82, 2.24) is 5.32 Å². The number of ether oxygens (including phenoxy) is 1. The fraction of sp³-hybridized carbons (Fsp3) is 0.421. The van der Waals surface area contributed by atoms with Gasteiger partial charge < -0.3 is 19.6 Å². The van der Waals surface area contributed by atoms with Crippen molar-refractivity contribution in [2.45, 2.75) is 39.0 Å². The summed E-state index contributed by atoms with van der Waals surface area (Å²) >= 11 is 0. The third-order valence-electron chi connectivity index (χ3n) is 4.16. The number of aliphatic carboxylic acids is 1. The first-order chi connectivity index (χ1) is 12.4. The third-order valence-corrected chi connectivity index (χ3v) is 4.16. The molecule has 1 amide bonds. The highest BCUT2D eigenvalue weighted by atomic mass is 16.5. The highest BCUT2D eigenvalue weighted by Crippen LogP contribution is 2.28. The molecule has 0 bridgehead atoms. The molecule has 1 aromatic carbocycles. The number of benzene rings is 1. The van der Waals surface area contributed by atoms with E-state index in [-0.39, 0.29) is 18.7 Å². The molecule has 0 unspecified atom stereocenters. The highest BCUT2D eigenvalue weighted by molar-refractivity contribution is 5.89. The van der Waals surface area contributed by atoms with Gasteiger partial charge in [-0.15, -0.1) is 0 Å². The number of nitrogens with one attached hydrogen (secondary N) is 1. The first-order valence-electron chi connectivity index (χ1n) is 8.51. The molecule has 0 fully saturated rings. The number of carbonyl (C=O) groups excluding carboxylic acids is 1. The normalized spacial score (nSPS) is 10.7. The molecule has 7 heteroatoms. The van der Waals surface area contributed by atoms with Crippen LogP contribution in [0, 0.1) is 6.92 Å². The zero-order valence-electron chi connectivity index (χ0n) is 15.0. The lowest BCUT2D eigenvalue weighted by atomic mass is 10.0. The van der Waals surface area contributed by atoms with Crippen LogP contribution in [0.3, 0.4) is 0 Å². The minimum Gasteiger partial charge on any atom is -0.496 e. The Morgan fingerprint density at radius 3 is 2.69 bits per heavy atom. The van der Waals surface area contributed by atoms with Crippen LogP contribution in [0.2, 0.25) is 0 Å². The van der Waals surface area contributed by atoms with Crippen molar-refractivity contribution in [3.05, 3.63) is 39.7 Å². The maximum Gasteiger partial charge on any atom is 0.336 e. The average molecular weight is 361 g/mol. The van der Waals surface area contributed by atoms with Crippen LogP contribution in [0.4, 0.5) is 0 Å². The van der Waals surface area contributed by atoms with Crippen molar-refractivity contribution in [1.29, 1.82) is 0 Å². The van der Waals surface area contributed by atoms with Gasteiger partial charge >= 0.3 is 11.6 Å². The summed E-state index contributed by atoms with van der Waals surface area (Å²) in [4.78, 5) is 34.4. The average Bonchev–Trinajstić information content (AvgIpc) is 2.58. The number of amides is 1. The van der Waals surface area contributed by atoms with Crippen LogP contribution >= 0.6 is 0 Å². The van der Waals surface area contributed by atoms with Crippen molar-refractivity contribution in [3.8, 4) is 5.75 Å². The van der Waals surface area contributed by atoms with Crippen LogP contribution in [0.15, 0.2) is 27.4 Å². The van der Waals surface area contributed by atoms with Gasteiger partial charge in [0.1, 0.15) is 11.3 Å². The molecule has 26 heavy (non-hydrogen) atoms. The Labute approximate surface area is 151 Å². The molecule has 0 aliphatic heterocycles. The second-order valence-corrected chi connectivity index (χ2v) is 6.09. The molecule has 0 spiro atoms. The Kier molecular flexibility index (Phi) is 6.77. The molecule has 0 saturated carbocycles. The molecule has 1 heterocycles. The zero-order valence-corrected chi connectivity index (χ0v) is 15.0. The molecular weight excluding hydrogens is 338 g/mol. The quantitative estimate of drug-likeness (QED) is 0.525. The molecule has 0 atom stereocenters. The van der Waals surface area contributed by atoms with Gasteiger partial charge in [-0.3, -0.25) is 9.59 Å². The van der Waals surface area contributed by atoms with Gasteiger partial charge in [-0.25, -0.2) is 4.79 Å². The summed E-state index contributed by atoms with van der Waals surface area (Å²) in [7, 11) is 1.54. The number of carboxylic acid groups (broad SMARTS) is 1. The summed E-state index contributed by atoms with van der Waals surface area (Å²) in [5, 5.41) is 12.1. The molecule has 1 aromatic heterocycles. The molecule has 2 N–H and O–H groups in total. The summed E-state index contributed by atoms with van der Waals surface area (Å²) < 4.78 is 10.5. The lowest BCUT2D eigenvalue weighted by molar-refractivity contribution is -0.137. The molecule has 140 valence electrons. The second kappa shape index (κ2) is 9.03. The smallest absolute Gasteiger partial charge is 0.336 e. The van der Waals surface area contributed by atoms with Crippen molar-refractivity contribution in [3.63, 3.8) is 0 Å². The molecular formula is C19H23NO6. The molecule has 0 aliphatic rings. The number of aryl methyl sites for hydroxylation is 1. The van der Waals surface area contributed by atoms with Crippen LogP contribution in [-0.4, -0.2) is 30.6 Å². The Morgan fingerprint density at radius 2 is 2.00 bits per heavy atom. The topological polar surface area (TPSA) is 106 Å². The van der Waals surface area contributed by atoms with Gasteiger partial charge in [-0.05, 0) is 37.5 Å². The van der Waals surface area contributed by atoms with E-state index in [0.717, 1.165) is 6.42 Å². The summed E-state index contributed by atoms with van der Waals surface area (Å²) in [6, 6.07) is 4.89. The van der Waals surface area contributed by atoms with Crippen molar-refractivity contribution < 1.29 is 23.8 Å². The van der Waals surface area contributed by atoms with Gasteiger partial charge in [-0.2, -0.15) is 0 Å². The zero-order chi connectivity index (χ0) is 19.1. The fourth-order valence-corrected chi connectivity index (χ4v) is 2.82. The van der Waals surface area contributed by atoms with E-state index in [4.69, 9.17) is 14.3 Å². The second-order valence-electron chi connectivity index (χ2n) is 6.09. The van der Waals surface area contributed by atoms with Gasteiger partial charge in [0.05, 0.1) is 13.5 Å². The summed E-state index contributed by atoms with van der Waals surface area (Å²) in [5.41, 5.74) is 1.23. The first kappa shape index (κ1) is 19.5. The van der Waals surface area contributed by atoms with E-state index < -0.39 is 11.6 Å². The van der Waals surface area contributed by atoms with Crippen molar-refractivity contribution >= 4 is 22.8 Å². The van der Waals surface area contributed by atoms with Gasteiger partial charge in [-0.1, -0.05) is 6.42 Å². The fourth-order valence-electron chi connectivity index (χ4n) is 2.82. The molecule has 2 aromatic rings. The first-order valence-corrected chi connectivity index (χ1v) is 8.51. The number of carbonyl (C=O) groups is 2. The predicted molar refractivity (Wildman–Crippen MR) is 96.6 cm³/mol. The molecule has 7 nitrogen and oxygen atoms in total. The Balaban J connectivity index is 2.01. The standard InChI is InChI=1S/C19H23NO6/c1-12-15(25-2)8-7-14-13(11-18(24)26-19(12)14)10-16(21)20-9-5-3-4-6-17(22)23/h7-8,11H,3-6,9-10H2,1-2H3,(H,20,21)(H,22,23). The van der Waals surface area contributed by atoms with Gasteiger partial charge in [0, 0.05) is 30.0 Å². The van der Waals surface area contributed by atoms with Crippen molar-refractivity contribution in [2.24, 2.45) is 0 Å². The third kappa shape index (κ3) is 5.08. The van der Waals surface area contributed by atoms with E-state index >= 15 is 0 Å². The van der Waals surface area contributed by atoms with Gasteiger partial charge in [0.25, 0.3) is 0 Å².